The standard InChI is InChI=1S/C11H8F3N3O3S/c1-19-10(18)9-16-3-7(21-9)6-2-15-4-8(17-6)20-5-11(12,13)14/h2-4H,5H2,1H3. The Balaban J connectivity index is 2.17. The monoisotopic (exact) mass is 319 g/mol. The van der Waals surface area contributed by atoms with Crippen LogP contribution in [-0.2, 0) is 4.74 Å². The number of hydrogen-bond donors (Lipinski definition) is 0. The van der Waals surface area contributed by atoms with Crippen molar-refractivity contribution in [3.8, 4) is 16.5 Å². The van der Waals surface area contributed by atoms with Crippen LogP contribution in [0, 0.1) is 0 Å². The van der Waals surface area contributed by atoms with Gasteiger partial charge in [0.05, 0.1) is 24.4 Å². The summed E-state index contributed by atoms with van der Waals surface area (Å²) in [6, 6.07) is 0. The molecule has 10 heteroatoms. The van der Waals surface area contributed by atoms with Crippen LogP contribution in [0.1, 0.15) is 9.80 Å². The molecule has 2 aromatic heterocycles. The van der Waals surface area contributed by atoms with Gasteiger partial charge in [0.15, 0.2) is 6.61 Å². The highest BCUT2D eigenvalue weighted by Crippen LogP contribution is 2.26. The van der Waals surface area contributed by atoms with E-state index in [1.165, 1.54) is 19.5 Å². The van der Waals surface area contributed by atoms with Crippen LogP contribution in [0.15, 0.2) is 18.6 Å². The maximum Gasteiger partial charge on any atom is 0.422 e. The van der Waals surface area contributed by atoms with E-state index in [1.807, 2.05) is 0 Å². The van der Waals surface area contributed by atoms with E-state index in [-0.39, 0.29) is 16.6 Å². The minimum Gasteiger partial charge on any atom is -0.467 e. The van der Waals surface area contributed by atoms with Gasteiger partial charge in [0.2, 0.25) is 10.9 Å². The number of carbonyl (C=O) groups is 1. The highest BCUT2D eigenvalue weighted by Gasteiger charge is 2.28. The van der Waals surface area contributed by atoms with Crippen molar-refractivity contribution < 1.29 is 27.4 Å². The number of hydrogen-bond acceptors (Lipinski definition) is 7. The molecule has 6 nitrogen and oxygen atoms in total. The number of esters is 1. The molecule has 0 bridgehead atoms. The van der Waals surface area contributed by atoms with Gasteiger partial charge < -0.3 is 9.47 Å². The SMILES string of the molecule is COC(=O)c1ncc(-c2cncc(OCC(F)(F)F)n2)s1. The van der Waals surface area contributed by atoms with Gasteiger partial charge in [-0.1, -0.05) is 0 Å². The Morgan fingerprint density at radius 3 is 2.76 bits per heavy atom. The van der Waals surface area contributed by atoms with E-state index in [4.69, 9.17) is 0 Å². The Labute approximate surface area is 120 Å². The summed E-state index contributed by atoms with van der Waals surface area (Å²) in [5.41, 5.74) is 0.252. The fourth-order valence-electron chi connectivity index (χ4n) is 1.27. The number of thiazole rings is 1. The summed E-state index contributed by atoms with van der Waals surface area (Å²) < 4.78 is 45.2. The molecule has 2 rings (SSSR count). The van der Waals surface area contributed by atoms with Crippen LogP contribution in [0.3, 0.4) is 0 Å². The van der Waals surface area contributed by atoms with E-state index < -0.39 is 18.8 Å². The number of nitrogens with zero attached hydrogens (tertiary/aromatic N) is 3. The maximum atomic E-state index is 12.1. The van der Waals surface area contributed by atoms with Gasteiger partial charge in [0, 0.05) is 6.20 Å². The van der Waals surface area contributed by atoms with Crippen LogP contribution < -0.4 is 4.74 Å². The lowest BCUT2D eigenvalue weighted by molar-refractivity contribution is -0.154. The molecular weight excluding hydrogens is 311 g/mol. The van der Waals surface area contributed by atoms with Crippen molar-refractivity contribution in [3.05, 3.63) is 23.6 Å². The van der Waals surface area contributed by atoms with Crippen molar-refractivity contribution in [2.24, 2.45) is 0 Å². The second-order valence-electron chi connectivity index (χ2n) is 3.67. The fourth-order valence-corrected chi connectivity index (χ4v) is 2.06. The van der Waals surface area contributed by atoms with E-state index in [0.29, 0.717) is 4.88 Å². The molecule has 0 N–H and O–H groups in total. The molecule has 112 valence electrons. The summed E-state index contributed by atoms with van der Waals surface area (Å²) in [7, 11) is 1.22. The van der Waals surface area contributed by atoms with Crippen LogP contribution in [0.4, 0.5) is 13.2 Å². The van der Waals surface area contributed by atoms with Gasteiger partial charge in [0.1, 0.15) is 5.69 Å². The summed E-state index contributed by atoms with van der Waals surface area (Å²) >= 11 is 0.985. The highest BCUT2D eigenvalue weighted by atomic mass is 32.1. The quantitative estimate of drug-likeness (QED) is 0.805. The Hall–Kier alpha value is -2.23. The number of ether oxygens (including phenoxy) is 2. The molecule has 0 aromatic carbocycles. The molecule has 0 unspecified atom stereocenters. The molecule has 0 radical (unpaired) electrons. The number of halogens is 3. The fraction of sp³-hybridized carbons (Fsp3) is 0.273. The van der Waals surface area contributed by atoms with Crippen molar-refractivity contribution in [2.75, 3.05) is 13.7 Å². The molecule has 21 heavy (non-hydrogen) atoms. The normalized spacial score (nSPS) is 11.2. The van der Waals surface area contributed by atoms with Crippen molar-refractivity contribution in [2.45, 2.75) is 6.18 Å². The lowest BCUT2D eigenvalue weighted by Gasteiger charge is -2.08. The van der Waals surface area contributed by atoms with E-state index in [0.717, 1.165) is 17.5 Å². The average molecular weight is 319 g/mol. The first-order chi connectivity index (χ1) is 9.89. The molecule has 0 spiro atoms. The maximum absolute atomic E-state index is 12.1. The third-order valence-electron chi connectivity index (χ3n) is 2.11. The van der Waals surface area contributed by atoms with Crippen LogP contribution >= 0.6 is 11.3 Å². The number of carbonyl (C=O) groups excluding carboxylic acids is 1. The van der Waals surface area contributed by atoms with Gasteiger partial charge in [-0.25, -0.2) is 14.8 Å². The minimum absolute atomic E-state index is 0.107. The zero-order valence-electron chi connectivity index (χ0n) is 10.5. The summed E-state index contributed by atoms with van der Waals surface area (Å²) in [4.78, 5) is 23.2. The Morgan fingerprint density at radius 1 is 1.33 bits per heavy atom. The summed E-state index contributed by atoms with van der Waals surface area (Å²) in [6.45, 7) is -1.46. The molecule has 2 aromatic rings. The van der Waals surface area contributed by atoms with Crippen LogP contribution in [0.5, 0.6) is 5.88 Å². The topological polar surface area (TPSA) is 74.2 Å². The Kier molecular flexibility index (Phi) is 4.36. The summed E-state index contributed by atoms with van der Waals surface area (Å²) in [5.74, 6) is -0.874. The van der Waals surface area contributed by atoms with Gasteiger partial charge in [-0.3, -0.25) is 4.98 Å². The Bertz CT molecular complexity index is 645. The van der Waals surface area contributed by atoms with Crippen LogP contribution in [0.25, 0.3) is 10.6 Å². The number of alkyl halides is 3. The van der Waals surface area contributed by atoms with E-state index >= 15 is 0 Å². The van der Waals surface area contributed by atoms with Gasteiger partial charge in [-0.15, -0.1) is 11.3 Å². The Morgan fingerprint density at radius 2 is 2.10 bits per heavy atom. The molecule has 2 heterocycles. The van der Waals surface area contributed by atoms with Crippen molar-refractivity contribution >= 4 is 17.3 Å². The second kappa shape index (κ2) is 6.04. The third kappa shape index (κ3) is 4.12. The summed E-state index contributed by atoms with van der Waals surface area (Å²) in [6.07, 6.45) is -0.707. The second-order valence-corrected chi connectivity index (χ2v) is 4.70. The predicted octanol–water partition coefficient (Wildman–Crippen LogP) is 2.33. The van der Waals surface area contributed by atoms with Crippen LogP contribution in [0.2, 0.25) is 0 Å². The minimum atomic E-state index is -4.46. The zero-order valence-corrected chi connectivity index (χ0v) is 11.4. The molecule has 0 aliphatic carbocycles. The first kappa shape index (κ1) is 15.2. The summed E-state index contributed by atoms with van der Waals surface area (Å²) in [5, 5.41) is 0.107. The molecular formula is C11H8F3N3O3S. The molecule has 0 saturated carbocycles. The largest absolute Gasteiger partial charge is 0.467 e. The first-order valence-corrected chi connectivity index (χ1v) is 6.27. The van der Waals surface area contributed by atoms with E-state index in [1.54, 1.807) is 0 Å². The molecule has 0 saturated heterocycles. The van der Waals surface area contributed by atoms with Gasteiger partial charge in [-0.05, 0) is 0 Å². The van der Waals surface area contributed by atoms with Crippen LogP contribution in [-0.4, -0.2) is 40.8 Å². The van der Waals surface area contributed by atoms with Gasteiger partial charge >= 0.3 is 12.1 Å². The van der Waals surface area contributed by atoms with Crippen molar-refractivity contribution in [1.29, 1.82) is 0 Å². The first-order valence-electron chi connectivity index (χ1n) is 5.45. The number of rotatable bonds is 4. The average Bonchev–Trinajstić information content (AvgIpc) is 2.94. The highest BCUT2D eigenvalue weighted by molar-refractivity contribution is 7.16. The molecule has 0 fully saturated rings. The zero-order chi connectivity index (χ0) is 15.5. The molecule has 0 aliphatic heterocycles. The van der Waals surface area contributed by atoms with Crippen molar-refractivity contribution in [1.82, 2.24) is 15.0 Å². The van der Waals surface area contributed by atoms with Gasteiger partial charge in [-0.2, -0.15) is 13.2 Å². The smallest absolute Gasteiger partial charge is 0.422 e. The predicted molar refractivity (Wildman–Crippen MR) is 66.0 cm³/mol. The number of aromatic nitrogens is 3. The lowest BCUT2D eigenvalue weighted by atomic mass is 10.4. The lowest BCUT2D eigenvalue weighted by Crippen LogP contribution is -2.19. The number of methoxy groups -OCH3 is 1. The van der Waals surface area contributed by atoms with Crippen molar-refractivity contribution in [3.63, 3.8) is 0 Å². The molecule has 0 atom stereocenters. The molecule has 0 aliphatic rings. The molecule has 0 amide bonds. The van der Waals surface area contributed by atoms with E-state index in [2.05, 4.69) is 24.4 Å². The van der Waals surface area contributed by atoms with E-state index in [9.17, 15) is 18.0 Å². The third-order valence-corrected chi connectivity index (χ3v) is 3.11. The van der Waals surface area contributed by atoms with Gasteiger partial charge in [0.25, 0.3) is 0 Å².